The maximum Gasteiger partial charge on any atom is 0.0795 e. The molecule has 2 atom stereocenters. The zero-order chi connectivity index (χ0) is 12.6. The second-order valence-electron chi connectivity index (χ2n) is 6.51. The molecule has 0 radical (unpaired) electrons. The highest BCUT2D eigenvalue weighted by Gasteiger charge is 2.43. The van der Waals surface area contributed by atoms with Crippen molar-refractivity contribution in [2.75, 3.05) is 31.2 Å². The molecule has 0 aromatic carbocycles. The van der Waals surface area contributed by atoms with Crippen molar-refractivity contribution in [3.63, 3.8) is 0 Å². The molecule has 3 saturated heterocycles. The smallest absolute Gasteiger partial charge is 0.0795 e. The first kappa shape index (κ1) is 13.2. The summed E-state index contributed by atoms with van der Waals surface area (Å²) in [5, 5.41) is 10.0. The average molecular weight is 271 g/mol. The van der Waals surface area contributed by atoms with Crippen LogP contribution in [0.25, 0.3) is 0 Å². The number of ether oxygens (including phenoxy) is 1. The molecule has 3 fully saturated rings. The van der Waals surface area contributed by atoms with Crippen LogP contribution in [0.3, 0.4) is 0 Å². The normalized spacial score (nSPS) is 41.3. The second-order valence-corrected chi connectivity index (χ2v) is 7.62. The Balaban J connectivity index is 1.59. The maximum atomic E-state index is 10.0. The fourth-order valence-electron chi connectivity index (χ4n) is 3.55. The Morgan fingerprint density at radius 1 is 1.28 bits per heavy atom. The van der Waals surface area contributed by atoms with E-state index in [-0.39, 0.29) is 5.60 Å². The molecule has 3 heterocycles. The van der Waals surface area contributed by atoms with Gasteiger partial charge < -0.3 is 9.84 Å². The highest BCUT2D eigenvalue weighted by molar-refractivity contribution is 7.99. The Morgan fingerprint density at radius 3 is 2.72 bits per heavy atom. The second kappa shape index (κ2) is 4.97. The van der Waals surface area contributed by atoms with E-state index in [0.717, 1.165) is 32.5 Å². The van der Waals surface area contributed by atoms with Crippen LogP contribution in [0.4, 0.5) is 0 Å². The lowest BCUT2D eigenvalue weighted by molar-refractivity contribution is -0.101. The first-order valence-electron chi connectivity index (χ1n) is 7.27. The van der Waals surface area contributed by atoms with Gasteiger partial charge in [-0.15, -0.1) is 0 Å². The van der Waals surface area contributed by atoms with Crippen molar-refractivity contribution in [3.8, 4) is 0 Å². The number of aliphatic hydroxyl groups is 1. The van der Waals surface area contributed by atoms with Crippen LogP contribution in [0.5, 0.6) is 0 Å². The predicted molar refractivity (Wildman–Crippen MR) is 75.1 cm³/mol. The molecular weight excluding hydrogens is 246 g/mol. The van der Waals surface area contributed by atoms with Crippen molar-refractivity contribution >= 4 is 11.8 Å². The zero-order valence-electron chi connectivity index (χ0n) is 11.4. The van der Waals surface area contributed by atoms with Crippen LogP contribution in [-0.2, 0) is 4.74 Å². The third-order valence-electron chi connectivity index (χ3n) is 4.93. The number of piperidine rings is 1. The molecule has 3 aliphatic heterocycles. The summed E-state index contributed by atoms with van der Waals surface area (Å²) in [7, 11) is 0. The van der Waals surface area contributed by atoms with Crippen LogP contribution in [0.1, 0.15) is 39.0 Å². The van der Waals surface area contributed by atoms with E-state index in [4.69, 9.17) is 4.74 Å². The molecule has 1 spiro atoms. The fraction of sp³-hybridized carbons (Fsp3) is 1.00. The molecule has 1 N–H and O–H groups in total. The van der Waals surface area contributed by atoms with Crippen molar-refractivity contribution in [1.29, 1.82) is 0 Å². The van der Waals surface area contributed by atoms with Gasteiger partial charge in [-0.25, -0.2) is 0 Å². The molecule has 3 nitrogen and oxygen atoms in total. The molecular formula is C14H25NO2S. The molecule has 3 rings (SSSR count). The molecule has 0 saturated carbocycles. The molecule has 4 heteroatoms. The van der Waals surface area contributed by atoms with Gasteiger partial charge in [-0.3, -0.25) is 4.90 Å². The third kappa shape index (κ3) is 2.72. The van der Waals surface area contributed by atoms with Crippen LogP contribution >= 0.6 is 11.8 Å². The maximum absolute atomic E-state index is 10.0. The van der Waals surface area contributed by atoms with Crippen molar-refractivity contribution < 1.29 is 9.84 Å². The standard InChI is InChI=1S/C14H25NO2S/c1-13(16)3-6-15(7-4-13)12-2-8-17-14(10-12)5-9-18-11-14/h12,16H,2-11H2,1H3. The Hall–Kier alpha value is 0.230. The van der Waals surface area contributed by atoms with Gasteiger partial charge in [0.25, 0.3) is 0 Å². The van der Waals surface area contributed by atoms with Crippen LogP contribution in [0.15, 0.2) is 0 Å². The summed E-state index contributed by atoms with van der Waals surface area (Å²) in [4.78, 5) is 2.60. The van der Waals surface area contributed by atoms with E-state index in [0.29, 0.717) is 6.04 Å². The lowest BCUT2D eigenvalue weighted by Crippen LogP contribution is -2.53. The van der Waals surface area contributed by atoms with E-state index >= 15 is 0 Å². The molecule has 0 aromatic rings. The quantitative estimate of drug-likeness (QED) is 0.789. The summed E-state index contributed by atoms with van der Waals surface area (Å²) >= 11 is 2.04. The monoisotopic (exact) mass is 271 g/mol. The average Bonchev–Trinajstić information content (AvgIpc) is 2.77. The Morgan fingerprint density at radius 2 is 2.06 bits per heavy atom. The number of thioether (sulfide) groups is 1. The first-order valence-corrected chi connectivity index (χ1v) is 8.42. The number of likely N-dealkylation sites (tertiary alicyclic amines) is 1. The molecule has 0 aliphatic carbocycles. The van der Waals surface area contributed by atoms with Crippen LogP contribution in [0, 0.1) is 0 Å². The molecule has 104 valence electrons. The topological polar surface area (TPSA) is 32.7 Å². The van der Waals surface area contributed by atoms with Crippen LogP contribution in [-0.4, -0.2) is 58.5 Å². The number of hydrogen-bond acceptors (Lipinski definition) is 4. The molecule has 18 heavy (non-hydrogen) atoms. The third-order valence-corrected chi connectivity index (χ3v) is 6.15. The summed E-state index contributed by atoms with van der Waals surface area (Å²) in [6.45, 7) is 5.02. The summed E-state index contributed by atoms with van der Waals surface area (Å²) in [6, 6.07) is 0.688. The van der Waals surface area contributed by atoms with E-state index in [1.54, 1.807) is 0 Å². The van der Waals surface area contributed by atoms with Crippen LogP contribution < -0.4 is 0 Å². The van der Waals surface area contributed by atoms with E-state index in [9.17, 15) is 5.11 Å². The number of hydrogen-bond donors (Lipinski definition) is 1. The van der Waals surface area contributed by atoms with Gasteiger partial charge in [0.2, 0.25) is 0 Å². The van der Waals surface area contributed by atoms with Gasteiger partial charge in [0.05, 0.1) is 11.2 Å². The van der Waals surface area contributed by atoms with Crippen molar-refractivity contribution in [1.82, 2.24) is 4.90 Å². The minimum Gasteiger partial charge on any atom is -0.390 e. The van der Waals surface area contributed by atoms with E-state index in [1.807, 2.05) is 18.7 Å². The van der Waals surface area contributed by atoms with E-state index in [2.05, 4.69) is 4.90 Å². The minimum absolute atomic E-state index is 0.188. The number of nitrogens with zero attached hydrogens (tertiary/aromatic N) is 1. The van der Waals surface area contributed by atoms with Gasteiger partial charge in [-0.05, 0) is 44.8 Å². The largest absolute Gasteiger partial charge is 0.390 e. The van der Waals surface area contributed by atoms with Crippen molar-refractivity contribution in [2.45, 2.75) is 56.3 Å². The first-order chi connectivity index (χ1) is 8.59. The Kier molecular flexibility index (Phi) is 3.65. The van der Waals surface area contributed by atoms with Gasteiger partial charge >= 0.3 is 0 Å². The van der Waals surface area contributed by atoms with Gasteiger partial charge in [0.1, 0.15) is 0 Å². The van der Waals surface area contributed by atoms with Crippen molar-refractivity contribution in [2.24, 2.45) is 0 Å². The fourth-order valence-corrected chi connectivity index (χ4v) is 4.93. The molecule has 3 aliphatic rings. The predicted octanol–water partition coefficient (Wildman–Crippen LogP) is 1.89. The van der Waals surface area contributed by atoms with E-state index < -0.39 is 5.60 Å². The van der Waals surface area contributed by atoms with Gasteiger partial charge in [0.15, 0.2) is 0 Å². The molecule has 0 amide bonds. The van der Waals surface area contributed by atoms with Gasteiger partial charge in [0, 0.05) is 31.5 Å². The van der Waals surface area contributed by atoms with Crippen LogP contribution in [0.2, 0.25) is 0 Å². The number of rotatable bonds is 1. The summed E-state index contributed by atoms with van der Waals surface area (Å²) in [5.74, 6) is 2.45. The lowest BCUT2D eigenvalue weighted by Gasteiger charge is -2.46. The van der Waals surface area contributed by atoms with Gasteiger partial charge in [-0.1, -0.05) is 0 Å². The molecule has 0 bridgehead atoms. The minimum atomic E-state index is -0.428. The summed E-state index contributed by atoms with van der Waals surface area (Å²) in [5.41, 5.74) is -0.240. The highest BCUT2D eigenvalue weighted by atomic mass is 32.2. The van der Waals surface area contributed by atoms with Gasteiger partial charge in [-0.2, -0.15) is 11.8 Å². The summed E-state index contributed by atoms with van der Waals surface area (Å²) in [6.07, 6.45) is 5.47. The van der Waals surface area contributed by atoms with Crippen molar-refractivity contribution in [3.05, 3.63) is 0 Å². The Labute approximate surface area is 114 Å². The lowest BCUT2D eigenvalue weighted by atomic mass is 9.86. The SMILES string of the molecule is CC1(O)CCN(C2CCOC3(CCSC3)C2)CC1. The summed E-state index contributed by atoms with van der Waals surface area (Å²) < 4.78 is 6.09. The Bertz CT molecular complexity index is 292. The molecule has 0 aromatic heterocycles. The van der Waals surface area contributed by atoms with E-state index in [1.165, 1.54) is 30.8 Å². The molecule has 2 unspecified atom stereocenters. The zero-order valence-corrected chi connectivity index (χ0v) is 12.2. The highest BCUT2D eigenvalue weighted by Crippen LogP contribution is 2.40.